The van der Waals surface area contributed by atoms with Crippen molar-refractivity contribution in [2.75, 3.05) is 26.3 Å². The third-order valence-corrected chi connectivity index (χ3v) is 4.03. The zero-order valence-electron chi connectivity index (χ0n) is 9.35. The first-order valence-corrected chi connectivity index (χ1v) is 6.82. The second-order valence-electron chi connectivity index (χ2n) is 4.55. The fourth-order valence-electron chi connectivity index (χ4n) is 2.58. The SMILES string of the molecule is c1cc(CN2CCCC3(C2)OCCO3)cs1. The lowest BCUT2D eigenvalue weighted by molar-refractivity contribution is -0.190. The Bertz CT molecular complexity index is 333. The highest BCUT2D eigenvalue weighted by molar-refractivity contribution is 7.07. The molecule has 1 aromatic heterocycles. The molecule has 3 heterocycles. The molecule has 0 aliphatic carbocycles. The summed E-state index contributed by atoms with van der Waals surface area (Å²) in [7, 11) is 0. The molecule has 88 valence electrons. The minimum Gasteiger partial charge on any atom is -0.346 e. The molecule has 3 rings (SSSR count). The molecular weight excluding hydrogens is 222 g/mol. The fourth-order valence-corrected chi connectivity index (χ4v) is 3.24. The lowest BCUT2D eigenvalue weighted by Gasteiger charge is -2.38. The first-order valence-electron chi connectivity index (χ1n) is 5.88. The summed E-state index contributed by atoms with van der Waals surface area (Å²) in [5, 5.41) is 4.36. The van der Waals surface area contributed by atoms with Gasteiger partial charge in [-0.3, -0.25) is 4.90 Å². The number of thiophene rings is 1. The maximum atomic E-state index is 5.77. The van der Waals surface area contributed by atoms with Gasteiger partial charge in [0.05, 0.1) is 19.8 Å². The molecule has 1 aromatic rings. The van der Waals surface area contributed by atoms with Gasteiger partial charge in [-0.15, -0.1) is 0 Å². The summed E-state index contributed by atoms with van der Waals surface area (Å²) in [6.07, 6.45) is 2.22. The third-order valence-electron chi connectivity index (χ3n) is 3.30. The quantitative estimate of drug-likeness (QED) is 0.789. The van der Waals surface area contributed by atoms with E-state index in [1.54, 1.807) is 11.3 Å². The number of rotatable bonds is 2. The Morgan fingerprint density at radius 3 is 3.00 bits per heavy atom. The van der Waals surface area contributed by atoms with Crippen molar-refractivity contribution < 1.29 is 9.47 Å². The number of ether oxygens (including phenoxy) is 2. The Kier molecular flexibility index (Phi) is 2.98. The predicted molar refractivity (Wildman–Crippen MR) is 63.5 cm³/mol. The molecule has 0 bridgehead atoms. The van der Waals surface area contributed by atoms with Gasteiger partial charge in [-0.05, 0) is 35.4 Å². The van der Waals surface area contributed by atoms with E-state index in [-0.39, 0.29) is 5.79 Å². The van der Waals surface area contributed by atoms with E-state index >= 15 is 0 Å². The topological polar surface area (TPSA) is 21.7 Å². The van der Waals surface area contributed by atoms with Gasteiger partial charge in [-0.25, -0.2) is 0 Å². The average Bonchev–Trinajstić information content (AvgIpc) is 2.91. The largest absolute Gasteiger partial charge is 0.346 e. The molecule has 0 N–H and O–H groups in total. The lowest BCUT2D eigenvalue weighted by atomic mass is 10.0. The molecule has 0 atom stereocenters. The maximum absolute atomic E-state index is 5.77. The Labute approximate surface area is 100.0 Å². The maximum Gasteiger partial charge on any atom is 0.181 e. The molecule has 3 nitrogen and oxygen atoms in total. The van der Waals surface area contributed by atoms with Crippen LogP contribution >= 0.6 is 11.3 Å². The Hall–Kier alpha value is -0.420. The molecule has 2 saturated heterocycles. The molecule has 0 saturated carbocycles. The number of nitrogens with zero attached hydrogens (tertiary/aromatic N) is 1. The minimum atomic E-state index is -0.283. The summed E-state index contributed by atoms with van der Waals surface area (Å²) in [5.41, 5.74) is 1.40. The van der Waals surface area contributed by atoms with Crippen LogP contribution in [0.4, 0.5) is 0 Å². The third kappa shape index (κ3) is 2.15. The average molecular weight is 239 g/mol. The highest BCUT2D eigenvalue weighted by atomic mass is 32.1. The van der Waals surface area contributed by atoms with E-state index in [0.717, 1.165) is 39.3 Å². The van der Waals surface area contributed by atoms with Gasteiger partial charge in [0.15, 0.2) is 5.79 Å². The summed E-state index contributed by atoms with van der Waals surface area (Å²) >= 11 is 1.76. The van der Waals surface area contributed by atoms with Crippen molar-refractivity contribution in [1.29, 1.82) is 0 Å². The zero-order valence-corrected chi connectivity index (χ0v) is 10.2. The van der Waals surface area contributed by atoms with Crippen LogP contribution in [0.25, 0.3) is 0 Å². The van der Waals surface area contributed by atoms with Crippen molar-refractivity contribution in [2.24, 2.45) is 0 Å². The van der Waals surface area contributed by atoms with Crippen molar-refractivity contribution >= 4 is 11.3 Å². The second kappa shape index (κ2) is 4.45. The summed E-state index contributed by atoms with van der Waals surface area (Å²) in [5.74, 6) is -0.283. The van der Waals surface area contributed by atoms with Crippen molar-refractivity contribution in [3.63, 3.8) is 0 Å². The van der Waals surface area contributed by atoms with Gasteiger partial charge >= 0.3 is 0 Å². The van der Waals surface area contributed by atoms with Gasteiger partial charge in [0.1, 0.15) is 0 Å². The van der Waals surface area contributed by atoms with Crippen LogP contribution in [-0.2, 0) is 16.0 Å². The highest BCUT2D eigenvalue weighted by Gasteiger charge is 2.40. The van der Waals surface area contributed by atoms with Crippen LogP contribution in [0.1, 0.15) is 18.4 Å². The summed E-state index contributed by atoms with van der Waals surface area (Å²) in [6.45, 7) is 4.61. The Morgan fingerprint density at radius 1 is 1.38 bits per heavy atom. The predicted octanol–water partition coefficient (Wildman–Crippen LogP) is 2.09. The molecule has 16 heavy (non-hydrogen) atoms. The smallest absolute Gasteiger partial charge is 0.181 e. The van der Waals surface area contributed by atoms with E-state index in [9.17, 15) is 0 Å². The van der Waals surface area contributed by atoms with Gasteiger partial charge in [-0.2, -0.15) is 11.3 Å². The van der Waals surface area contributed by atoms with Crippen molar-refractivity contribution in [1.82, 2.24) is 4.90 Å². The standard InChI is InChI=1S/C12H17NO2S/c1-3-12(14-5-6-15-12)10-13(4-1)8-11-2-7-16-9-11/h2,7,9H,1,3-6,8,10H2. The molecule has 0 unspecified atom stereocenters. The molecule has 4 heteroatoms. The van der Waals surface area contributed by atoms with Crippen molar-refractivity contribution in [3.8, 4) is 0 Å². The van der Waals surface area contributed by atoms with E-state index in [0.29, 0.717) is 0 Å². The van der Waals surface area contributed by atoms with Crippen LogP contribution in [0.5, 0.6) is 0 Å². The summed E-state index contributed by atoms with van der Waals surface area (Å²) in [4.78, 5) is 2.44. The number of likely N-dealkylation sites (tertiary alicyclic amines) is 1. The van der Waals surface area contributed by atoms with Gasteiger partial charge in [0.2, 0.25) is 0 Å². The lowest BCUT2D eigenvalue weighted by Crippen LogP contribution is -2.48. The molecule has 0 amide bonds. The van der Waals surface area contributed by atoms with E-state index < -0.39 is 0 Å². The molecule has 0 radical (unpaired) electrons. The van der Waals surface area contributed by atoms with Crippen LogP contribution in [-0.4, -0.2) is 37.0 Å². The molecule has 1 spiro atoms. The van der Waals surface area contributed by atoms with E-state index in [1.807, 2.05) is 0 Å². The van der Waals surface area contributed by atoms with Gasteiger partial charge in [-0.1, -0.05) is 0 Å². The molecule has 2 aliphatic rings. The first-order chi connectivity index (χ1) is 7.86. The minimum absolute atomic E-state index is 0.283. The van der Waals surface area contributed by atoms with Gasteiger partial charge in [0, 0.05) is 13.0 Å². The molecule has 2 aliphatic heterocycles. The number of hydrogen-bond donors (Lipinski definition) is 0. The van der Waals surface area contributed by atoms with Gasteiger partial charge in [0.25, 0.3) is 0 Å². The highest BCUT2D eigenvalue weighted by Crippen LogP contribution is 2.30. The first kappa shape index (κ1) is 10.7. The molecule has 2 fully saturated rings. The van der Waals surface area contributed by atoms with E-state index in [4.69, 9.17) is 9.47 Å². The normalized spacial score (nSPS) is 25.2. The molecular formula is C12H17NO2S. The fraction of sp³-hybridized carbons (Fsp3) is 0.667. The number of hydrogen-bond acceptors (Lipinski definition) is 4. The van der Waals surface area contributed by atoms with E-state index in [2.05, 4.69) is 21.7 Å². The summed E-state index contributed by atoms with van der Waals surface area (Å²) < 4.78 is 11.5. The van der Waals surface area contributed by atoms with Crippen LogP contribution in [0.2, 0.25) is 0 Å². The Morgan fingerprint density at radius 2 is 2.25 bits per heavy atom. The second-order valence-corrected chi connectivity index (χ2v) is 5.33. The molecule has 0 aromatic carbocycles. The summed E-state index contributed by atoms with van der Waals surface area (Å²) in [6, 6.07) is 2.20. The van der Waals surface area contributed by atoms with Crippen LogP contribution < -0.4 is 0 Å². The van der Waals surface area contributed by atoms with Crippen LogP contribution in [0.15, 0.2) is 16.8 Å². The van der Waals surface area contributed by atoms with Gasteiger partial charge < -0.3 is 9.47 Å². The van der Waals surface area contributed by atoms with Crippen molar-refractivity contribution in [3.05, 3.63) is 22.4 Å². The Balaban J connectivity index is 1.63. The van der Waals surface area contributed by atoms with Crippen LogP contribution in [0, 0.1) is 0 Å². The van der Waals surface area contributed by atoms with Crippen molar-refractivity contribution in [2.45, 2.75) is 25.2 Å². The monoisotopic (exact) mass is 239 g/mol. The van der Waals surface area contributed by atoms with E-state index in [1.165, 1.54) is 12.0 Å². The van der Waals surface area contributed by atoms with Crippen LogP contribution in [0.3, 0.4) is 0 Å². The number of piperidine rings is 1. The zero-order chi connectivity index (χ0) is 10.8.